The number of anilines is 1. The SMILES string of the molecule is Cc1ccc(NC(C)c2ccccc2Br)c(C)n1. The van der Waals surface area contributed by atoms with Crippen LogP contribution in [0.3, 0.4) is 0 Å². The van der Waals surface area contributed by atoms with Crippen LogP contribution < -0.4 is 5.32 Å². The molecule has 0 fully saturated rings. The Bertz CT molecular complexity index is 552. The van der Waals surface area contributed by atoms with E-state index in [4.69, 9.17) is 0 Å². The fraction of sp³-hybridized carbons (Fsp3) is 0.267. The molecule has 1 N–H and O–H groups in total. The molecule has 0 radical (unpaired) electrons. The molecule has 94 valence electrons. The third-order valence-corrected chi connectivity index (χ3v) is 3.69. The van der Waals surface area contributed by atoms with Gasteiger partial charge < -0.3 is 5.32 Å². The van der Waals surface area contributed by atoms with Gasteiger partial charge in [-0.15, -0.1) is 0 Å². The standard InChI is InChI=1S/C15H17BrN2/c1-10-8-9-15(12(3)17-10)18-11(2)13-6-4-5-7-14(13)16/h4-9,11,18H,1-3H3. The molecule has 0 amide bonds. The van der Waals surface area contributed by atoms with Gasteiger partial charge in [-0.3, -0.25) is 4.98 Å². The molecule has 0 saturated carbocycles. The predicted molar refractivity (Wildman–Crippen MR) is 79.9 cm³/mol. The summed E-state index contributed by atoms with van der Waals surface area (Å²) >= 11 is 3.58. The predicted octanol–water partition coefficient (Wildman–Crippen LogP) is 4.63. The zero-order valence-corrected chi connectivity index (χ0v) is 12.5. The van der Waals surface area contributed by atoms with Gasteiger partial charge in [0.25, 0.3) is 0 Å². The Morgan fingerprint density at radius 1 is 1.11 bits per heavy atom. The maximum Gasteiger partial charge on any atom is 0.0607 e. The topological polar surface area (TPSA) is 24.9 Å². The van der Waals surface area contributed by atoms with Crippen molar-refractivity contribution in [3.8, 4) is 0 Å². The molecule has 1 aromatic carbocycles. The lowest BCUT2D eigenvalue weighted by molar-refractivity contribution is 0.872. The van der Waals surface area contributed by atoms with E-state index in [1.54, 1.807) is 0 Å². The molecule has 1 atom stereocenters. The molecule has 0 bridgehead atoms. The van der Waals surface area contributed by atoms with Crippen LogP contribution in [0.25, 0.3) is 0 Å². The number of aromatic nitrogens is 1. The molecule has 0 aliphatic heterocycles. The van der Waals surface area contributed by atoms with E-state index in [0.717, 1.165) is 21.5 Å². The van der Waals surface area contributed by atoms with E-state index in [0.29, 0.717) is 0 Å². The average Bonchev–Trinajstić information content (AvgIpc) is 2.33. The van der Waals surface area contributed by atoms with Crippen molar-refractivity contribution >= 4 is 21.6 Å². The van der Waals surface area contributed by atoms with E-state index in [-0.39, 0.29) is 6.04 Å². The van der Waals surface area contributed by atoms with Gasteiger partial charge in [0.1, 0.15) is 0 Å². The lowest BCUT2D eigenvalue weighted by Gasteiger charge is -2.18. The van der Waals surface area contributed by atoms with Crippen LogP contribution in [0.1, 0.15) is 29.9 Å². The van der Waals surface area contributed by atoms with E-state index >= 15 is 0 Å². The second-order valence-corrected chi connectivity index (χ2v) is 5.33. The lowest BCUT2D eigenvalue weighted by Crippen LogP contribution is -2.09. The molecule has 18 heavy (non-hydrogen) atoms. The fourth-order valence-corrected chi connectivity index (χ4v) is 2.60. The van der Waals surface area contributed by atoms with Crippen LogP contribution in [0.2, 0.25) is 0 Å². The van der Waals surface area contributed by atoms with Gasteiger partial charge in [-0.1, -0.05) is 34.1 Å². The minimum atomic E-state index is 0.240. The summed E-state index contributed by atoms with van der Waals surface area (Å²) in [6, 6.07) is 12.6. The minimum absolute atomic E-state index is 0.240. The highest BCUT2D eigenvalue weighted by Crippen LogP contribution is 2.26. The van der Waals surface area contributed by atoms with E-state index in [1.165, 1.54) is 5.56 Å². The first-order valence-electron chi connectivity index (χ1n) is 6.03. The quantitative estimate of drug-likeness (QED) is 0.894. The smallest absolute Gasteiger partial charge is 0.0607 e. The van der Waals surface area contributed by atoms with Gasteiger partial charge in [-0.05, 0) is 44.5 Å². The van der Waals surface area contributed by atoms with Gasteiger partial charge in [-0.2, -0.15) is 0 Å². The Balaban J connectivity index is 2.21. The zero-order chi connectivity index (χ0) is 13.1. The van der Waals surface area contributed by atoms with Crippen molar-refractivity contribution in [2.45, 2.75) is 26.8 Å². The normalized spacial score (nSPS) is 12.2. The number of hydrogen-bond donors (Lipinski definition) is 1. The molecule has 3 heteroatoms. The fourth-order valence-electron chi connectivity index (χ4n) is 1.98. The maximum atomic E-state index is 4.47. The van der Waals surface area contributed by atoms with E-state index in [2.05, 4.69) is 57.4 Å². The van der Waals surface area contributed by atoms with E-state index in [1.807, 2.05) is 26.0 Å². The number of rotatable bonds is 3. The number of nitrogens with one attached hydrogen (secondary N) is 1. The number of aryl methyl sites for hydroxylation is 2. The van der Waals surface area contributed by atoms with Crippen molar-refractivity contribution in [2.75, 3.05) is 5.32 Å². The summed E-state index contributed by atoms with van der Waals surface area (Å²) < 4.78 is 1.13. The molecule has 1 unspecified atom stereocenters. The van der Waals surface area contributed by atoms with Crippen LogP contribution in [0.15, 0.2) is 40.9 Å². The van der Waals surface area contributed by atoms with E-state index in [9.17, 15) is 0 Å². The summed E-state index contributed by atoms with van der Waals surface area (Å²) in [5, 5.41) is 3.50. The first-order valence-corrected chi connectivity index (χ1v) is 6.82. The highest BCUT2D eigenvalue weighted by molar-refractivity contribution is 9.10. The van der Waals surface area contributed by atoms with E-state index < -0.39 is 0 Å². The molecule has 2 aromatic rings. The Morgan fingerprint density at radius 2 is 1.83 bits per heavy atom. The summed E-state index contributed by atoms with van der Waals surface area (Å²) in [4.78, 5) is 4.47. The summed E-state index contributed by atoms with van der Waals surface area (Å²) in [5.41, 5.74) is 4.42. The van der Waals surface area contributed by atoms with Crippen molar-refractivity contribution in [3.63, 3.8) is 0 Å². The summed E-state index contributed by atoms with van der Waals surface area (Å²) in [6.45, 7) is 6.19. The molecule has 0 aliphatic rings. The molecule has 0 spiro atoms. The largest absolute Gasteiger partial charge is 0.377 e. The Hall–Kier alpha value is -1.35. The third-order valence-electron chi connectivity index (χ3n) is 2.97. The van der Waals surface area contributed by atoms with Gasteiger partial charge in [-0.25, -0.2) is 0 Å². The molecule has 1 aromatic heterocycles. The number of benzene rings is 1. The molecule has 2 rings (SSSR count). The first kappa shape index (κ1) is 13.1. The van der Waals surface area contributed by atoms with Crippen LogP contribution in [0.4, 0.5) is 5.69 Å². The van der Waals surface area contributed by atoms with Crippen molar-refractivity contribution < 1.29 is 0 Å². The van der Waals surface area contributed by atoms with Crippen LogP contribution in [0.5, 0.6) is 0 Å². The number of hydrogen-bond acceptors (Lipinski definition) is 2. The Labute approximate surface area is 117 Å². The van der Waals surface area contributed by atoms with Crippen molar-refractivity contribution in [1.82, 2.24) is 4.98 Å². The maximum absolute atomic E-state index is 4.47. The first-order chi connectivity index (χ1) is 8.58. The Morgan fingerprint density at radius 3 is 2.50 bits per heavy atom. The summed E-state index contributed by atoms with van der Waals surface area (Å²) in [7, 11) is 0. The number of halogens is 1. The van der Waals surface area contributed by atoms with Gasteiger partial charge in [0.15, 0.2) is 0 Å². The summed E-state index contributed by atoms with van der Waals surface area (Å²) in [6.07, 6.45) is 0. The molecule has 0 aliphatic carbocycles. The minimum Gasteiger partial charge on any atom is -0.377 e. The highest BCUT2D eigenvalue weighted by atomic mass is 79.9. The van der Waals surface area contributed by atoms with Gasteiger partial charge in [0.2, 0.25) is 0 Å². The third kappa shape index (κ3) is 2.91. The van der Waals surface area contributed by atoms with Crippen molar-refractivity contribution in [2.24, 2.45) is 0 Å². The Kier molecular flexibility index (Phi) is 4.02. The van der Waals surface area contributed by atoms with Crippen LogP contribution in [0, 0.1) is 13.8 Å². The van der Waals surface area contributed by atoms with Gasteiger partial charge in [0.05, 0.1) is 11.4 Å². The summed E-state index contributed by atoms with van der Waals surface area (Å²) in [5.74, 6) is 0. The number of nitrogens with zero attached hydrogens (tertiary/aromatic N) is 1. The lowest BCUT2D eigenvalue weighted by atomic mass is 10.1. The molecule has 1 heterocycles. The molecular formula is C15H17BrN2. The van der Waals surface area contributed by atoms with Crippen LogP contribution in [-0.2, 0) is 0 Å². The molecule has 0 saturated heterocycles. The van der Waals surface area contributed by atoms with Crippen LogP contribution >= 0.6 is 15.9 Å². The van der Waals surface area contributed by atoms with Crippen LogP contribution in [-0.4, -0.2) is 4.98 Å². The molecular weight excluding hydrogens is 288 g/mol. The van der Waals surface area contributed by atoms with Crippen molar-refractivity contribution in [3.05, 3.63) is 57.8 Å². The number of pyridine rings is 1. The van der Waals surface area contributed by atoms with Gasteiger partial charge in [0, 0.05) is 16.2 Å². The second kappa shape index (κ2) is 5.53. The highest BCUT2D eigenvalue weighted by Gasteiger charge is 2.10. The molecule has 2 nitrogen and oxygen atoms in total. The monoisotopic (exact) mass is 304 g/mol. The van der Waals surface area contributed by atoms with Gasteiger partial charge >= 0.3 is 0 Å². The van der Waals surface area contributed by atoms with Crippen molar-refractivity contribution in [1.29, 1.82) is 0 Å². The zero-order valence-electron chi connectivity index (χ0n) is 10.9. The average molecular weight is 305 g/mol. The second-order valence-electron chi connectivity index (χ2n) is 4.47.